The van der Waals surface area contributed by atoms with Gasteiger partial charge < -0.3 is 5.73 Å². The predicted octanol–water partition coefficient (Wildman–Crippen LogP) is 2.87. The van der Waals surface area contributed by atoms with Gasteiger partial charge in [0.1, 0.15) is 5.84 Å². The van der Waals surface area contributed by atoms with Crippen molar-refractivity contribution in [1.29, 1.82) is 5.41 Å². The van der Waals surface area contributed by atoms with Gasteiger partial charge in [0, 0.05) is 5.56 Å². The van der Waals surface area contributed by atoms with Crippen LogP contribution in [0.5, 0.6) is 0 Å². The minimum Gasteiger partial charge on any atom is -0.384 e. The third-order valence-corrected chi connectivity index (χ3v) is 2.89. The second kappa shape index (κ2) is 4.83. The summed E-state index contributed by atoms with van der Waals surface area (Å²) in [6, 6.07) is 16.2. The van der Waals surface area contributed by atoms with Crippen molar-refractivity contribution in [3.8, 4) is 0 Å². The second-order valence-electron chi connectivity index (χ2n) is 4.22. The van der Waals surface area contributed by atoms with Crippen LogP contribution in [0.4, 0.5) is 0 Å². The van der Waals surface area contributed by atoms with E-state index in [1.807, 2.05) is 24.3 Å². The van der Waals surface area contributed by atoms with E-state index < -0.39 is 0 Å². The normalized spacial score (nSPS) is 10.2. The van der Waals surface area contributed by atoms with Crippen LogP contribution in [0.1, 0.15) is 22.3 Å². The largest absolute Gasteiger partial charge is 0.384 e. The molecule has 0 saturated heterocycles. The third-order valence-electron chi connectivity index (χ3n) is 2.89. The van der Waals surface area contributed by atoms with Gasteiger partial charge in [-0.3, -0.25) is 5.41 Å². The summed E-state index contributed by atoms with van der Waals surface area (Å²) in [5, 5.41) is 7.43. The van der Waals surface area contributed by atoms with Crippen LogP contribution in [-0.2, 0) is 6.42 Å². The van der Waals surface area contributed by atoms with Crippen LogP contribution < -0.4 is 5.73 Å². The van der Waals surface area contributed by atoms with E-state index in [-0.39, 0.29) is 5.84 Å². The average Bonchev–Trinajstić information content (AvgIpc) is 2.32. The molecule has 0 bridgehead atoms. The van der Waals surface area contributed by atoms with Gasteiger partial charge in [0.05, 0.1) is 0 Å². The lowest BCUT2D eigenvalue weighted by atomic mass is 9.99. The van der Waals surface area contributed by atoms with Gasteiger partial charge in [-0.1, -0.05) is 42.5 Å². The first kappa shape index (κ1) is 11.4. The summed E-state index contributed by atoms with van der Waals surface area (Å²) in [6.07, 6.45) is 0.883. The lowest BCUT2D eigenvalue weighted by molar-refractivity contribution is 1.15. The fourth-order valence-electron chi connectivity index (χ4n) is 1.88. The average molecular weight is 224 g/mol. The summed E-state index contributed by atoms with van der Waals surface area (Å²) < 4.78 is 0. The van der Waals surface area contributed by atoms with Crippen molar-refractivity contribution in [2.24, 2.45) is 5.73 Å². The number of nitrogens with two attached hydrogens (primary N) is 1. The highest BCUT2D eigenvalue weighted by molar-refractivity contribution is 5.95. The van der Waals surface area contributed by atoms with Crippen molar-refractivity contribution < 1.29 is 0 Å². The van der Waals surface area contributed by atoms with E-state index >= 15 is 0 Å². The molecule has 0 aliphatic rings. The zero-order valence-corrected chi connectivity index (χ0v) is 9.90. The van der Waals surface area contributed by atoms with E-state index in [9.17, 15) is 0 Å². The molecule has 0 aliphatic carbocycles. The molecule has 3 N–H and O–H groups in total. The molecular formula is C15H16N2. The van der Waals surface area contributed by atoms with Gasteiger partial charge in [0.15, 0.2) is 0 Å². The van der Waals surface area contributed by atoms with Gasteiger partial charge in [-0.2, -0.15) is 0 Å². The Morgan fingerprint density at radius 1 is 1.12 bits per heavy atom. The number of hydrogen-bond donors (Lipinski definition) is 2. The Labute approximate surface area is 102 Å². The molecule has 0 aromatic heterocycles. The predicted molar refractivity (Wildman–Crippen MR) is 71.4 cm³/mol. The molecule has 86 valence electrons. The maximum Gasteiger partial charge on any atom is 0.122 e. The Kier molecular flexibility index (Phi) is 3.24. The van der Waals surface area contributed by atoms with Crippen LogP contribution in [0.2, 0.25) is 0 Å². The van der Waals surface area contributed by atoms with E-state index in [1.165, 1.54) is 16.7 Å². The molecule has 0 spiro atoms. The minimum absolute atomic E-state index is 0.122. The Bertz CT molecular complexity index is 544. The van der Waals surface area contributed by atoms with Gasteiger partial charge in [0.25, 0.3) is 0 Å². The molecule has 0 radical (unpaired) electrons. The highest BCUT2D eigenvalue weighted by atomic mass is 14.7. The molecule has 0 saturated carbocycles. The van der Waals surface area contributed by atoms with Crippen LogP contribution in [0, 0.1) is 12.3 Å². The van der Waals surface area contributed by atoms with Crippen LogP contribution in [-0.4, -0.2) is 5.84 Å². The minimum atomic E-state index is 0.122. The molecule has 17 heavy (non-hydrogen) atoms. The lowest BCUT2D eigenvalue weighted by Gasteiger charge is -2.07. The molecule has 0 unspecified atom stereocenters. The van der Waals surface area contributed by atoms with Gasteiger partial charge in [0.2, 0.25) is 0 Å². The first-order chi connectivity index (χ1) is 8.16. The van der Waals surface area contributed by atoms with E-state index in [0.29, 0.717) is 0 Å². The zero-order chi connectivity index (χ0) is 12.3. The molecule has 2 nitrogen and oxygen atoms in total. The van der Waals surface area contributed by atoms with E-state index in [0.717, 1.165) is 12.0 Å². The topological polar surface area (TPSA) is 49.9 Å². The second-order valence-corrected chi connectivity index (χ2v) is 4.22. The van der Waals surface area contributed by atoms with Crippen molar-refractivity contribution in [1.82, 2.24) is 0 Å². The summed E-state index contributed by atoms with van der Waals surface area (Å²) in [5.74, 6) is 0.122. The monoisotopic (exact) mass is 224 g/mol. The van der Waals surface area contributed by atoms with Gasteiger partial charge >= 0.3 is 0 Å². The fraction of sp³-hybridized carbons (Fsp3) is 0.133. The Morgan fingerprint density at radius 2 is 1.88 bits per heavy atom. The highest BCUT2D eigenvalue weighted by Crippen LogP contribution is 2.14. The Balaban J connectivity index is 2.28. The number of aryl methyl sites for hydroxylation is 1. The molecular weight excluding hydrogens is 208 g/mol. The molecule has 0 fully saturated rings. The quantitative estimate of drug-likeness (QED) is 0.611. The number of nitrogen functional groups attached to an aromatic ring is 1. The standard InChI is InChI=1S/C15H16N2/c1-11-5-2-3-7-13(11)9-12-6-4-8-14(10-12)15(16)17/h2-8,10H,9H2,1H3,(H3,16,17). The Hall–Kier alpha value is -2.09. The fourth-order valence-corrected chi connectivity index (χ4v) is 1.88. The molecule has 2 rings (SSSR count). The van der Waals surface area contributed by atoms with E-state index in [1.54, 1.807) is 0 Å². The number of rotatable bonds is 3. The zero-order valence-electron chi connectivity index (χ0n) is 9.90. The van der Waals surface area contributed by atoms with Crippen molar-refractivity contribution in [2.45, 2.75) is 13.3 Å². The van der Waals surface area contributed by atoms with Crippen LogP contribution in [0.3, 0.4) is 0 Å². The summed E-state index contributed by atoms with van der Waals surface area (Å²) in [6.45, 7) is 2.12. The number of benzene rings is 2. The van der Waals surface area contributed by atoms with Crippen LogP contribution >= 0.6 is 0 Å². The smallest absolute Gasteiger partial charge is 0.122 e. The highest BCUT2D eigenvalue weighted by Gasteiger charge is 2.01. The van der Waals surface area contributed by atoms with Crippen molar-refractivity contribution in [3.05, 3.63) is 70.8 Å². The van der Waals surface area contributed by atoms with E-state index in [4.69, 9.17) is 11.1 Å². The van der Waals surface area contributed by atoms with Crippen molar-refractivity contribution in [2.75, 3.05) is 0 Å². The molecule has 0 heterocycles. The summed E-state index contributed by atoms with van der Waals surface area (Å²) in [5.41, 5.74) is 10.1. The lowest BCUT2D eigenvalue weighted by Crippen LogP contribution is -2.11. The number of nitrogens with one attached hydrogen (secondary N) is 1. The van der Waals surface area contributed by atoms with Crippen molar-refractivity contribution >= 4 is 5.84 Å². The first-order valence-corrected chi connectivity index (χ1v) is 5.64. The number of amidine groups is 1. The molecule has 0 amide bonds. The maximum atomic E-state index is 7.43. The first-order valence-electron chi connectivity index (χ1n) is 5.64. The molecule has 2 aromatic carbocycles. The molecule has 2 heteroatoms. The Morgan fingerprint density at radius 3 is 2.59 bits per heavy atom. The summed E-state index contributed by atoms with van der Waals surface area (Å²) in [7, 11) is 0. The summed E-state index contributed by atoms with van der Waals surface area (Å²) in [4.78, 5) is 0. The SMILES string of the molecule is Cc1ccccc1Cc1cccc(C(=N)N)c1. The van der Waals surface area contributed by atoms with Crippen LogP contribution in [0.15, 0.2) is 48.5 Å². The summed E-state index contributed by atoms with van der Waals surface area (Å²) >= 11 is 0. The van der Waals surface area contributed by atoms with Crippen LogP contribution in [0.25, 0.3) is 0 Å². The maximum absolute atomic E-state index is 7.43. The van der Waals surface area contributed by atoms with Gasteiger partial charge in [-0.15, -0.1) is 0 Å². The van der Waals surface area contributed by atoms with E-state index in [2.05, 4.69) is 31.2 Å². The number of hydrogen-bond acceptors (Lipinski definition) is 1. The van der Waals surface area contributed by atoms with Gasteiger partial charge in [-0.25, -0.2) is 0 Å². The molecule has 2 aromatic rings. The molecule has 0 aliphatic heterocycles. The van der Waals surface area contributed by atoms with Crippen molar-refractivity contribution in [3.63, 3.8) is 0 Å². The van der Waals surface area contributed by atoms with Gasteiger partial charge in [-0.05, 0) is 36.1 Å². The third kappa shape index (κ3) is 2.72. The molecule has 0 atom stereocenters.